The Morgan fingerprint density at radius 1 is 1.35 bits per heavy atom. The molecule has 20 heavy (non-hydrogen) atoms. The quantitative estimate of drug-likeness (QED) is 0.607. The number of likely N-dealkylation sites (N-methyl/N-ethyl adjacent to an activating group) is 1. The van der Waals surface area contributed by atoms with Gasteiger partial charge in [-0.25, -0.2) is 19.2 Å². The smallest absolute Gasteiger partial charge is 0.243 e. The van der Waals surface area contributed by atoms with E-state index in [9.17, 15) is 8.42 Å². The SMILES string of the molecule is CC1CN(S(=O)(=O)c2ccnc(NN)c2)CC(C)N1C. The maximum absolute atomic E-state index is 12.7. The van der Waals surface area contributed by atoms with Gasteiger partial charge in [0.15, 0.2) is 0 Å². The van der Waals surface area contributed by atoms with Gasteiger partial charge in [0.2, 0.25) is 10.0 Å². The molecule has 2 rings (SSSR count). The van der Waals surface area contributed by atoms with Crippen LogP contribution in [-0.4, -0.2) is 54.8 Å². The zero-order valence-electron chi connectivity index (χ0n) is 11.9. The molecule has 0 spiro atoms. The predicted octanol–water partition coefficient (Wildman–Crippen LogP) is 0.0803. The molecule has 0 radical (unpaired) electrons. The summed E-state index contributed by atoms with van der Waals surface area (Å²) in [7, 11) is -1.50. The summed E-state index contributed by atoms with van der Waals surface area (Å²) in [6.45, 7) is 5.02. The van der Waals surface area contributed by atoms with E-state index in [4.69, 9.17) is 5.84 Å². The number of anilines is 1. The van der Waals surface area contributed by atoms with Crippen LogP contribution in [0.15, 0.2) is 23.2 Å². The van der Waals surface area contributed by atoms with Crippen LogP contribution in [-0.2, 0) is 10.0 Å². The van der Waals surface area contributed by atoms with Gasteiger partial charge in [0, 0.05) is 37.4 Å². The van der Waals surface area contributed by atoms with Gasteiger partial charge in [-0.2, -0.15) is 4.31 Å². The molecule has 0 aromatic carbocycles. The summed E-state index contributed by atoms with van der Waals surface area (Å²) < 4.78 is 26.9. The van der Waals surface area contributed by atoms with Gasteiger partial charge in [-0.15, -0.1) is 0 Å². The van der Waals surface area contributed by atoms with Gasteiger partial charge in [-0.3, -0.25) is 4.90 Å². The molecule has 112 valence electrons. The summed E-state index contributed by atoms with van der Waals surface area (Å²) in [5.41, 5.74) is 2.36. The van der Waals surface area contributed by atoms with Crippen LogP contribution in [0.25, 0.3) is 0 Å². The molecule has 2 unspecified atom stereocenters. The van der Waals surface area contributed by atoms with Crippen molar-refractivity contribution in [1.29, 1.82) is 0 Å². The molecule has 2 heterocycles. The van der Waals surface area contributed by atoms with Crippen molar-refractivity contribution in [1.82, 2.24) is 14.2 Å². The van der Waals surface area contributed by atoms with E-state index in [0.717, 1.165) is 0 Å². The molecule has 0 aliphatic carbocycles. The summed E-state index contributed by atoms with van der Waals surface area (Å²) in [6.07, 6.45) is 1.44. The van der Waals surface area contributed by atoms with Crippen molar-refractivity contribution < 1.29 is 8.42 Å². The lowest BCUT2D eigenvalue weighted by Gasteiger charge is -2.41. The standard InChI is InChI=1S/C12H21N5O2S/c1-9-7-17(8-10(2)16(9)3)20(18,19)11-4-5-14-12(6-11)15-13/h4-6,9-10H,7-8,13H2,1-3H3,(H,14,15). The molecular formula is C12H21N5O2S. The molecule has 1 aromatic rings. The number of pyridine rings is 1. The van der Waals surface area contributed by atoms with E-state index < -0.39 is 10.0 Å². The van der Waals surface area contributed by atoms with Gasteiger partial charge in [-0.05, 0) is 27.0 Å². The first-order valence-corrected chi connectivity index (χ1v) is 7.95. The monoisotopic (exact) mass is 299 g/mol. The van der Waals surface area contributed by atoms with Crippen LogP contribution in [0.1, 0.15) is 13.8 Å². The second-order valence-electron chi connectivity index (χ2n) is 5.21. The number of piperazine rings is 1. The third-order valence-electron chi connectivity index (χ3n) is 3.84. The van der Waals surface area contributed by atoms with Gasteiger partial charge < -0.3 is 5.43 Å². The molecule has 1 fully saturated rings. The van der Waals surface area contributed by atoms with Gasteiger partial charge in [-0.1, -0.05) is 0 Å². The Morgan fingerprint density at radius 3 is 2.50 bits per heavy atom. The van der Waals surface area contributed by atoms with Gasteiger partial charge >= 0.3 is 0 Å². The zero-order chi connectivity index (χ0) is 14.9. The third-order valence-corrected chi connectivity index (χ3v) is 5.67. The van der Waals surface area contributed by atoms with E-state index in [2.05, 4.69) is 15.3 Å². The Labute approximate surface area is 119 Å². The molecule has 0 amide bonds. The minimum atomic E-state index is -3.51. The van der Waals surface area contributed by atoms with Crippen molar-refractivity contribution in [3.05, 3.63) is 18.3 Å². The molecule has 1 aliphatic rings. The number of rotatable bonds is 3. The predicted molar refractivity (Wildman–Crippen MR) is 77.5 cm³/mol. The lowest BCUT2D eigenvalue weighted by Crippen LogP contribution is -2.56. The molecule has 2 atom stereocenters. The highest BCUT2D eigenvalue weighted by molar-refractivity contribution is 7.89. The van der Waals surface area contributed by atoms with Crippen LogP contribution in [0.4, 0.5) is 5.82 Å². The Bertz CT molecular complexity index is 565. The zero-order valence-corrected chi connectivity index (χ0v) is 12.8. The van der Waals surface area contributed by atoms with Crippen LogP contribution in [0.5, 0.6) is 0 Å². The summed E-state index contributed by atoms with van der Waals surface area (Å²) in [4.78, 5) is 6.33. The average molecular weight is 299 g/mol. The first-order chi connectivity index (χ1) is 9.36. The molecular weight excluding hydrogens is 278 g/mol. The first kappa shape index (κ1) is 15.2. The maximum Gasteiger partial charge on any atom is 0.243 e. The van der Waals surface area contributed by atoms with E-state index in [-0.39, 0.29) is 17.0 Å². The van der Waals surface area contributed by atoms with Gasteiger partial charge in [0.25, 0.3) is 0 Å². The number of nitrogens with zero attached hydrogens (tertiary/aromatic N) is 3. The Balaban J connectivity index is 2.30. The fraction of sp³-hybridized carbons (Fsp3) is 0.583. The van der Waals surface area contributed by atoms with Crippen molar-refractivity contribution in [2.75, 3.05) is 25.6 Å². The fourth-order valence-corrected chi connectivity index (χ4v) is 3.97. The average Bonchev–Trinajstić information content (AvgIpc) is 2.44. The number of hydrazine groups is 1. The first-order valence-electron chi connectivity index (χ1n) is 6.51. The van der Waals surface area contributed by atoms with Crippen molar-refractivity contribution in [2.24, 2.45) is 5.84 Å². The van der Waals surface area contributed by atoms with E-state index in [1.807, 2.05) is 20.9 Å². The van der Waals surface area contributed by atoms with Crippen LogP contribution in [0.2, 0.25) is 0 Å². The number of aromatic nitrogens is 1. The number of hydrogen-bond acceptors (Lipinski definition) is 6. The highest BCUT2D eigenvalue weighted by Gasteiger charge is 2.34. The van der Waals surface area contributed by atoms with Crippen molar-refractivity contribution in [2.45, 2.75) is 30.8 Å². The lowest BCUT2D eigenvalue weighted by molar-refractivity contribution is 0.105. The van der Waals surface area contributed by atoms with Crippen molar-refractivity contribution >= 4 is 15.8 Å². The lowest BCUT2D eigenvalue weighted by atomic mass is 10.1. The minimum absolute atomic E-state index is 0.183. The highest BCUT2D eigenvalue weighted by Crippen LogP contribution is 2.22. The number of nitrogens with one attached hydrogen (secondary N) is 1. The molecule has 0 saturated carbocycles. The summed E-state index contributed by atoms with van der Waals surface area (Å²) in [5, 5.41) is 0. The second kappa shape index (κ2) is 5.65. The maximum atomic E-state index is 12.7. The number of nitrogens with two attached hydrogens (primary N) is 1. The van der Waals surface area contributed by atoms with Crippen LogP contribution in [0, 0.1) is 0 Å². The molecule has 1 aromatic heterocycles. The van der Waals surface area contributed by atoms with Crippen molar-refractivity contribution in [3.63, 3.8) is 0 Å². The summed E-state index contributed by atoms with van der Waals surface area (Å²) in [5.74, 6) is 5.61. The van der Waals surface area contributed by atoms with Gasteiger partial charge in [0.1, 0.15) is 5.82 Å². The van der Waals surface area contributed by atoms with Crippen LogP contribution in [0.3, 0.4) is 0 Å². The summed E-state index contributed by atoms with van der Waals surface area (Å²) in [6, 6.07) is 3.30. The fourth-order valence-electron chi connectivity index (χ4n) is 2.35. The van der Waals surface area contributed by atoms with Crippen LogP contribution >= 0.6 is 0 Å². The van der Waals surface area contributed by atoms with E-state index in [0.29, 0.717) is 18.9 Å². The summed E-state index contributed by atoms with van der Waals surface area (Å²) >= 11 is 0. The number of nitrogen functional groups attached to an aromatic ring is 1. The van der Waals surface area contributed by atoms with Crippen LogP contribution < -0.4 is 11.3 Å². The van der Waals surface area contributed by atoms with Crippen molar-refractivity contribution in [3.8, 4) is 0 Å². The minimum Gasteiger partial charge on any atom is -0.308 e. The molecule has 0 bridgehead atoms. The van der Waals surface area contributed by atoms with Gasteiger partial charge in [0.05, 0.1) is 4.90 Å². The number of sulfonamides is 1. The molecule has 3 N–H and O–H groups in total. The molecule has 1 aliphatic heterocycles. The topological polar surface area (TPSA) is 91.6 Å². The molecule has 1 saturated heterocycles. The second-order valence-corrected chi connectivity index (χ2v) is 7.14. The van der Waals surface area contributed by atoms with E-state index in [1.165, 1.54) is 22.6 Å². The highest BCUT2D eigenvalue weighted by atomic mass is 32.2. The number of hydrogen-bond donors (Lipinski definition) is 2. The Kier molecular flexibility index (Phi) is 4.28. The Morgan fingerprint density at radius 2 is 1.95 bits per heavy atom. The van der Waals surface area contributed by atoms with E-state index in [1.54, 1.807) is 0 Å². The Hall–Kier alpha value is -1.22. The molecule has 7 nitrogen and oxygen atoms in total. The third kappa shape index (κ3) is 2.78. The normalized spacial score (nSPS) is 25.6. The van der Waals surface area contributed by atoms with E-state index >= 15 is 0 Å². The largest absolute Gasteiger partial charge is 0.308 e. The molecule has 8 heteroatoms.